The molecule has 1 saturated heterocycles. The molecule has 4 aromatic rings. The third kappa shape index (κ3) is 4.25. The maximum Gasteiger partial charge on any atom is 0.415 e. The molecule has 2 amide bonds. The van der Waals surface area contributed by atoms with Crippen LogP contribution in [0.4, 0.5) is 10.5 Å². The summed E-state index contributed by atoms with van der Waals surface area (Å²) in [6.07, 6.45) is 0.0175. The fourth-order valence-corrected chi connectivity index (χ4v) is 6.53. The first-order valence-electron chi connectivity index (χ1n) is 14.0. The zero-order valence-electron chi connectivity index (χ0n) is 22.3. The molecular weight excluding hydrogens is 498 g/mol. The van der Waals surface area contributed by atoms with Gasteiger partial charge in [0.2, 0.25) is 5.91 Å². The Labute approximate surface area is 234 Å². The van der Waals surface area contributed by atoms with E-state index in [1.54, 1.807) is 4.90 Å². The van der Waals surface area contributed by atoms with Gasteiger partial charge in [-0.15, -0.1) is 0 Å². The van der Waals surface area contributed by atoms with Crippen LogP contribution in [0.25, 0.3) is 11.1 Å². The molecular formula is C34H31N3O3. The van der Waals surface area contributed by atoms with E-state index in [0.29, 0.717) is 19.5 Å². The topological polar surface area (TPSA) is 53.1 Å². The average molecular weight is 530 g/mol. The van der Waals surface area contributed by atoms with Crippen LogP contribution in [-0.4, -0.2) is 54.0 Å². The molecule has 0 radical (unpaired) electrons. The number of ether oxygens (including phenoxy) is 1. The second-order valence-electron chi connectivity index (χ2n) is 10.7. The van der Waals surface area contributed by atoms with Crippen LogP contribution in [0.15, 0.2) is 103 Å². The number of hydrogen-bond donors (Lipinski definition) is 0. The average Bonchev–Trinajstić information content (AvgIpc) is 3.57. The van der Waals surface area contributed by atoms with Crippen molar-refractivity contribution in [2.45, 2.75) is 25.1 Å². The third-order valence-electron chi connectivity index (χ3n) is 8.45. The van der Waals surface area contributed by atoms with Crippen LogP contribution in [0.3, 0.4) is 0 Å². The molecule has 1 fully saturated rings. The maximum absolute atomic E-state index is 13.9. The highest BCUT2D eigenvalue weighted by atomic mass is 16.6. The van der Waals surface area contributed by atoms with Crippen molar-refractivity contribution in [2.75, 3.05) is 31.1 Å². The largest absolute Gasteiger partial charge is 0.444 e. The van der Waals surface area contributed by atoms with Crippen molar-refractivity contribution in [3.05, 3.63) is 125 Å². The fourth-order valence-electron chi connectivity index (χ4n) is 6.53. The smallest absolute Gasteiger partial charge is 0.415 e. The van der Waals surface area contributed by atoms with Crippen LogP contribution in [-0.2, 0) is 22.6 Å². The second kappa shape index (κ2) is 10.3. The van der Waals surface area contributed by atoms with Gasteiger partial charge in [0.15, 0.2) is 0 Å². The van der Waals surface area contributed by atoms with Crippen LogP contribution < -0.4 is 4.90 Å². The Balaban J connectivity index is 1.07. The number of amides is 2. The van der Waals surface area contributed by atoms with Crippen molar-refractivity contribution < 1.29 is 14.3 Å². The summed E-state index contributed by atoms with van der Waals surface area (Å²) in [5, 5.41) is 0. The molecule has 0 spiro atoms. The summed E-state index contributed by atoms with van der Waals surface area (Å²) in [7, 11) is 0. The monoisotopic (exact) mass is 529 g/mol. The zero-order valence-corrected chi connectivity index (χ0v) is 22.3. The number of hydrogen-bond acceptors (Lipinski definition) is 4. The molecule has 1 atom stereocenters. The lowest BCUT2D eigenvalue weighted by Gasteiger charge is -2.40. The lowest BCUT2D eigenvalue weighted by atomic mass is 10.0. The lowest BCUT2D eigenvalue weighted by molar-refractivity contribution is -0.134. The third-order valence-corrected chi connectivity index (χ3v) is 8.45. The number of para-hydroxylation sites is 1. The minimum atomic E-state index is -0.597. The molecule has 7 rings (SSSR count). The Hall–Kier alpha value is -4.42. The molecule has 0 bridgehead atoms. The molecule has 6 heteroatoms. The highest BCUT2D eigenvalue weighted by Crippen LogP contribution is 2.46. The second-order valence-corrected chi connectivity index (χ2v) is 10.7. The lowest BCUT2D eigenvalue weighted by Crippen LogP contribution is -2.55. The molecule has 2 heterocycles. The van der Waals surface area contributed by atoms with E-state index in [0.717, 1.165) is 29.9 Å². The predicted molar refractivity (Wildman–Crippen MR) is 155 cm³/mol. The normalized spacial score (nSPS) is 18.2. The van der Waals surface area contributed by atoms with E-state index in [4.69, 9.17) is 4.74 Å². The fraction of sp³-hybridized carbons (Fsp3) is 0.235. The van der Waals surface area contributed by atoms with E-state index >= 15 is 0 Å². The highest BCUT2D eigenvalue weighted by Gasteiger charge is 2.42. The molecule has 6 nitrogen and oxygen atoms in total. The standard InChI is InChI=1S/C34H31N3O3/c38-33(31-22-25-12-4-9-17-30(25)37(31)34(39)40-23-24-10-2-1-3-11-24)36-20-18-35(19-21-36)32-28-15-7-5-13-26(28)27-14-6-8-16-29(27)32/h1-17,31-32H,18-23H2/t31-/m1/s1. The van der Waals surface area contributed by atoms with E-state index in [-0.39, 0.29) is 18.6 Å². The van der Waals surface area contributed by atoms with Crippen LogP contribution in [0.1, 0.15) is 28.3 Å². The minimum Gasteiger partial charge on any atom is -0.444 e. The van der Waals surface area contributed by atoms with Gasteiger partial charge in [-0.1, -0.05) is 97.1 Å². The molecule has 4 aromatic carbocycles. The number of fused-ring (bicyclic) bond motifs is 4. The van der Waals surface area contributed by atoms with Gasteiger partial charge in [-0.25, -0.2) is 4.79 Å². The van der Waals surface area contributed by atoms with Crippen molar-refractivity contribution in [3.63, 3.8) is 0 Å². The minimum absolute atomic E-state index is 0.0141. The molecule has 0 N–H and O–H groups in total. The molecule has 0 aromatic heterocycles. The number of benzene rings is 4. The van der Waals surface area contributed by atoms with Gasteiger partial charge in [0.1, 0.15) is 12.6 Å². The number of carbonyl (C=O) groups excluding carboxylic acids is 2. The van der Waals surface area contributed by atoms with E-state index in [1.165, 1.54) is 22.3 Å². The Morgan fingerprint density at radius 1 is 0.700 bits per heavy atom. The van der Waals surface area contributed by atoms with Gasteiger partial charge in [-0.3, -0.25) is 14.6 Å². The van der Waals surface area contributed by atoms with Gasteiger partial charge in [0.25, 0.3) is 0 Å². The summed E-state index contributed by atoms with van der Waals surface area (Å²) in [5.74, 6) is -0.0141. The van der Waals surface area contributed by atoms with E-state index in [1.807, 2.05) is 59.5 Å². The van der Waals surface area contributed by atoms with E-state index in [2.05, 4.69) is 53.4 Å². The Kier molecular flexibility index (Phi) is 6.33. The number of carbonyl (C=O) groups is 2. The van der Waals surface area contributed by atoms with Crippen LogP contribution in [0.2, 0.25) is 0 Å². The SMILES string of the molecule is O=C([C@H]1Cc2ccccc2N1C(=O)OCc1ccccc1)N1CCN(C2c3ccccc3-c3ccccc32)CC1. The first-order valence-corrected chi connectivity index (χ1v) is 14.0. The van der Waals surface area contributed by atoms with Crippen molar-refractivity contribution in [1.82, 2.24) is 9.80 Å². The first-order chi connectivity index (χ1) is 19.7. The number of piperazine rings is 1. The van der Waals surface area contributed by atoms with Crippen molar-refractivity contribution in [3.8, 4) is 11.1 Å². The van der Waals surface area contributed by atoms with Crippen LogP contribution in [0.5, 0.6) is 0 Å². The summed E-state index contributed by atoms with van der Waals surface area (Å²) in [6.45, 7) is 2.97. The van der Waals surface area contributed by atoms with Gasteiger partial charge >= 0.3 is 6.09 Å². The summed E-state index contributed by atoms with van der Waals surface area (Å²) < 4.78 is 5.70. The quantitative estimate of drug-likeness (QED) is 0.342. The summed E-state index contributed by atoms with van der Waals surface area (Å²) in [5.41, 5.74) is 7.94. The van der Waals surface area contributed by atoms with Crippen molar-refractivity contribution >= 4 is 17.7 Å². The zero-order chi connectivity index (χ0) is 27.1. The molecule has 3 aliphatic rings. The summed E-state index contributed by atoms with van der Waals surface area (Å²) in [4.78, 5) is 33.3. The predicted octanol–water partition coefficient (Wildman–Crippen LogP) is 5.67. The molecule has 40 heavy (non-hydrogen) atoms. The molecule has 0 saturated carbocycles. The van der Waals surface area contributed by atoms with E-state index in [9.17, 15) is 9.59 Å². The van der Waals surface area contributed by atoms with Crippen molar-refractivity contribution in [2.24, 2.45) is 0 Å². The Morgan fingerprint density at radius 2 is 1.30 bits per heavy atom. The molecule has 1 aliphatic carbocycles. The number of rotatable bonds is 4. The molecule has 200 valence electrons. The Bertz CT molecular complexity index is 1520. The maximum atomic E-state index is 13.9. The number of nitrogens with zero attached hydrogens (tertiary/aromatic N) is 3. The molecule has 0 unspecified atom stereocenters. The van der Waals surface area contributed by atoms with Gasteiger partial charge in [0.05, 0.1) is 11.7 Å². The van der Waals surface area contributed by atoms with Gasteiger partial charge in [-0.2, -0.15) is 0 Å². The summed E-state index contributed by atoms with van der Waals surface area (Å²) >= 11 is 0. The number of anilines is 1. The van der Waals surface area contributed by atoms with Crippen LogP contribution in [0, 0.1) is 0 Å². The van der Waals surface area contributed by atoms with Crippen molar-refractivity contribution in [1.29, 1.82) is 0 Å². The first kappa shape index (κ1) is 24.6. The molecule has 2 aliphatic heterocycles. The van der Waals surface area contributed by atoms with Gasteiger partial charge in [-0.05, 0) is 39.4 Å². The Morgan fingerprint density at radius 3 is 2.00 bits per heavy atom. The summed E-state index contributed by atoms with van der Waals surface area (Å²) in [6, 6.07) is 34.3. The van der Waals surface area contributed by atoms with E-state index < -0.39 is 12.1 Å². The van der Waals surface area contributed by atoms with Gasteiger partial charge in [0, 0.05) is 32.6 Å². The van der Waals surface area contributed by atoms with Gasteiger partial charge < -0.3 is 9.64 Å². The highest BCUT2D eigenvalue weighted by molar-refractivity contribution is 6.00. The van der Waals surface area contributed by atoms with Crippen LogP contribution >= 0.6 is 0 Å².